The van der Waals surface area contributed by atoms with Crippen LogP contribution in [0.25, 0.3) is 21.3 Å². The van der Waals surface area contributed by atoms with Crippen molar-refractivity contribution in [3.8, 4) is 22.1 Å². The van der Waals surface area contributed by atoms with Gasteiger partial charge in [0, 0.05) is 5.39 Å². The highest BCUT2D eigenvalue weighted by Gasteiger charge is 2.16. The Hall–Kier alpha value is -3.42. The van der Waals surface area contributed by atoms with Gasteiger partial charge in [-0.1, -0.05) is 36.4 Å². The maximum Gasteiger partial charge on any atom is 0.274 e. The lowest BCUT2D eigenvalue weighted by atomic mass is 10.1. The molecule has 0 aliphatic heterocycles. The molecule has 2 aromatic carbocycles. The minimum absolute atomic E-state index is 0.00749. The number of rotatable bonds is 9. The van der Waals surface area contributed by atoms with Gasteiger partial charge in [-0.3, -0.25) is 4.79 Å². The molecule has 6 nitrogen and oxygen atoms in total. The first kappa shape index (κ1) is 21.8. The summed E-state index contributed by atoms with van der Waals surface area (Å²) >= 11 is 1.56. The number of thiophene rings is 1. The number of aromatic nitrogens is 2. The van der Waals surface area contributed by atoms with Gasteiger partial charge in [0.15, 0.2) is 11.5 Å². The number of allylic oxidation sites excluding steroid dienone is 1. The quantitative estimate of drug-likeness (QED) is 0.387. The number of aliphatic hydroxyl groups is 1. The number of methoxy groups -OCH3 is 1. The minimum Gasteiger partial charge on any atom is -0.493 e. The number of aliphatic hydroxyl groups excluding tert-OH is 1. The molecule has 0 aliphatic carbocycles. The van der Waals surface area contributed by atoms with Gasteiger partial charge in [-0.05, 0) is 41.6 Å². The zero-order chi connectivity index (χ0) is 22.5. The van der Waals surface area contributed by atoms with Crippen molar-refractivity contribution in [1.29, 1.82) is 0 Å². The molecule has 4 aromatic rings. The molecule has 1 N–H and O–H groups in total. The molecule has 32 heavy (non-hydrogen) atoms. The lowest BCUT2D eigenvalue weighted by Gasteiger charge is -2.16. The van der Waals surface area contributed by atoms with Crippen LogP contribution in [-0.2, 0) is 13.0 Å². The van der Waals surface area contributed by atoms with Crippen molar-refractivity contribution in [2.75, 3.05) is 13.7 Å². The molecule has 7 heteroatoms. The Bertz CT molecular complexity index is 1280. The second kappa shape index (κ2) is 9.80. The Morgan fingerprint density at radius 3 is 2.69 bits per heavy atom. The highest BCUT2D eigenvalue weighted by atomic mass is 32.1. The minimum atomic E-state index is -0.935. The molecule has 0 saturated carbocycles. The van der Waals surface area contributed by atoms with Crippen molar-refractivity contribution >= 4 is 22.1 Å². The van der Waals surface area contributed by atoms with E-state index in [9.17, 15) is 9.90 Å². The molecule has 1 unspecified atom stereocenters. The summed E-state index contributed by atoms with van der Waals surface area (Å²) in [6, 6.07) is 16.9. The van der Waals surface area contributed by atoms with E-state index in [4.69, 9.17) is 9.47 Å². The summed E-state index contributed by atoms with van der Waals surface area (Å²) in [7, 11) is 1.57. The van der Waals surface area contributed by atoms with E-state index in [1.807, 2.05) is 53.9 Å². The molecular weight excluding hydrogens is 424 g/mol. The summed E-state index contributed by atoms with van der Waals surface area (Å²) in [6.07, 6.45) is 1.61. The summed E-state index contributed by atoms with van der Waals surface area (Å²) < 4.78 is 12.5. The van der Waals surface area contributed by atoms with Gasteiger partial charge in [-0.15, -0.1) is 17.9 Å². The topological polar surface area (TPSA) is 73.6 Å². The van der Waals surface area contributed by atoms with E-state index in [2.05, 4.69) is 11.7 Å². The predicted molar refractivity (Wildman–Crippen MR) is 128 cm³/mol. The maximum absolute atomic E-state index is 13.0. The third-order valence-electron chi connectivity index (χ3n) is 5.05. The number of hydrogen-bond donors (Lipinski definition) is 1. The highest BCUT2D eigenvalue weighted by Crippen LogP contribution is 2.29. The number of ether oxygens (including phenoxy) is 2. The molecular formula is C25H24N2O4S. The van der Waals surface area contributed by atoms with Crippen LogP contribution in [0.2, 0.25) is 0 Å². The van der Waals surface area contributed by atoms with Gasteiger partial charge in [0.2, 0.25) is 0 Å². The zero-order valence-corrected chi connectivity index (χ0v) is 18.5. The van der Waals surface area contributed by atoms with E-state index in [1.54, 1.807) is 30.6 Å². The van der Waals surface area contributed by atoms with Crippen LogP contribution in [0.1, 0.15) is 5.56 Å². The summed E-state index contributed by atoms with van der Waals surface area (Å²) in [5.41, 5.74) is 1.53. The molecule has 2 aromatic heterocycles. The molecule has 1 atom stereocenters. The fourth-order valence-corrected chi connectivity index (χ4v) is 4.24. The second-order valence-corrected chi connectivity index (χ2v) is 8.25. The molecule has 0 amide bonds. The van der Waals surface area contributed by atoms with Crippen LogP contribution < -0.4 is 15.0 Å². The Balaban J connectivity index is 1.56. The SMILES string of the molecule is C=CCc1ccc(OCC(O)Cn2nc(-c3cccs3)c3ccccc3c2=O)c(OC)c1. The fourth-order valence-electron chi connectivity index (χ4n) is 3.52. The van der Waals surface area contributed by atoms with E-state index >= 15 is 0 Å². The van der Waals surface area contributed by atoms with Gasteiger partial charge in [0.1, 0.15) is 18.4 Å². The molecule has 0 aliphatic rings. The molecule has 0 spiro atoms. The fraction of sp³-hybridized carbons (Fsp3) is 0.200. The summed E-state index contributed by atoms with van der Waals surface area (Å²) in [4.78, 5) is 13.9. The van der Waals surface area contributed by atoms with Crippen LogP contribution in [0.5, 0.6) is 11.5 Å². The molecule has 0 fully saturated rings. The molecule has 0 bridgehead atoms. The lowest BCUT2D eigenvalue weighted by molar-refractivity contribution is 0.0868. The van der Waals surface area contributed by atoms with Gasteiger partial charge in [0.25, 0.3) is 5.56 Å². The van der Waals surface area contributed by atoms with Gasteiger partial charge >= 0.3 is 0 Å². The monoisotopic (exact) mass is 448 g/mol. The van der Waals surface area contributed by atoms with E-state index in [1.165, 1.54) is 4.68 Å². The summed E-state index contributed by atoms with van der Waals surface area (Å²) in [5, 5.41) is 18.5. The van der Waals surface area contributed by atoms with Crippen LogP contribution in [0.3, 0.4) is 0 Å². The second-order valence-electron chi connectivity index (χ2n) is 7.30. The van der Waals surface area contributed by atoms with Gasteiger partial charge in [-0.2, -0.15) is 5.10 Å². The van der Waals surface area contributed by atoms with E-state index in [0.29, 0.717) is 16.9 Å². The summed E-state index contributed by atoms with van der Waals surface area (Å²) in [5.74, 6) is 1.11. The number of hydrogen-bond acceptors (Lipinski definition) is 6. The Labute approximate surface area is 190 Å². The van der Waals surface area contributed by atoms with Crippen LogP contribution in [-0.4, -0.2) is 34.7 Å². The first-order valence-corrected chi connectivity index (χ1v) is 11.1. The Morgan fingerprint density at radius 2 is 1.97 bits per heavy atom. The van der Waals surface area contributed by atoms with Crippen LogP contribution >= 0.6 is 11.3 Å². The normalized spacial score (nSPS) is 11.9. The molecule has 0 radical (unpaired) electrons. The van der Waals surface area contributed by atoms with Crippen molar-refractivity contribution in [2.45, 2.75) is 19.1 Å². The predicted octanol–water partition coefficient (Wildman–Crippen LogP) is 4.30. The standard InChI is InChI=1S/C25H24N2O4S/c1-3-7-17-11-12-21(22(14-17)30-2)31-16-18(28)15-27-25(29)20-9-5-4-8-19(20)24(26-27)23-10-6-13-32-23/h3-6,8-14,18,28H,1,7,15-16H2,2H3. The largest absolute Gasteiger partial charge is 0.493 e. The van der Waals surface area contributed by atoms with Gasteiger partial charge in [-0.25, -0.2) is 4.68 Å². The highest BCUT2D eigenvalue weighted by molar-refractivity contribution is 7.13. The Morgan fingerprint density at radius 1 is 1.16 bits per heavy atom. The third-order valence-corrected chi connectivity index (χ3v) is 5.92. The first-order chi connectivity index (χ1) is 15.6. The van der Waals surface area contributed by atoms with Gasteiger partial charge in [0.05, 0.1) is 23.9 Å². The van der Waals surface area contributed by atoms with Crippen LogP contribution in [0, 0.1) is 0 Å². The lowest BCUT2D eigenvalue weighted by Crippen LogP contribution is -2.32. The van der Waals surface area contributed by atoms with E-state index < -0.39 is 6.10 Å². The Kier molecular flexibility index (Phi) is 6.68. The van der Waals surface area contributed by atoms with Crippen molar-refractivity contribution < 1.29 is 14.6 Å². The van der Waals surface area contributed by atoms with Crippen LogP contribution in [0.4, 0.5) is 0 Å². The maximum atomic E-state index is 13.0. The first-order valence-electron chi connectivity index (χ1n) is 10.2. The van der Waals surface area contributed by atoms with Crippen LogP contribution in [0.15, 0.2) is 77.4 Å². The summed E-state index contributed by atoms with van der Waals surface area (Å²) in [6.45, 7) is 3.75. The smallest absolute Gasteiger partial charge is 0.274 e. The van der Waals surface area contributed by atoms with E-state index in [-0.39, 0.29) is 18.7 Å². The molecule has 0 saturated heterocycles. The zero-order valence-electron chi connectivity index (χ0n) is 17.7. The average Bonchev–Trinajstić information content (AvgIpc) is 3.35. The van der Waals surface area contributed by atoms with Crippen molar-refractivity contribution in [1.82, 2.24) is 9.78 Å². The number of fused-ring (bicyclic) bond motifs is 1. The van der Waals surface area contributed by atoms with E-state index in [0.717, 1.165) is 27.9 Å². The molecule has 164 valence electrons. The number of benzene rings is 2. The van der Waals surface area contributed by atoms with Crippen molar-refractivity contribution in [2.24, 2.45) is 0 Å². The van der Waals surface area contributed by atoms with Crippen molar-refractivity contribution in [3.63, 3.8) is 0 Å². The van der Waals surface area contributed by atoms with Crippen molar-refractivity contribution in [3.05, 3.63) is 88.5 Å². The number of nitrogens with zero attached hydrogens (tertiary/aromatic N) is 2. The molecule has 2 heterocycles. The average molecular weight is 449 g/mol. The molecule has 4 rings (SSSR count). The third kappa shape index (κ3) is 4.59. The van der Waals surface area contributed by atoms with Gasteiger partial charge < -0.3 is 14.6 Å².